The van der Waals surface area contributed by atoms with Crippen molar-refractivity contribution in [1.82, 2.24) is 4.57 Å². The average Bonchev–Trinajstić information content (AvgIpc) is 2.52. The lowest BCUT2D eigenvalue weighted by atomic mass is 10.1. The zero-order valence-electron chi connectivity index (χ0n) is 10.2. The van der Waals surface area contributed by atoms with Crippen LogP contribution in [0.2, 0.25) is 0 Å². The van der Waals surface area contributed by atoms with Gasteiger partial charge in [-0.3, -0.25) is 0 Å². The molecule has 0 saturated carbocycles. The first-order chi connectivity index (χ1) is 7.60. The van der Waals surface area contributed by atoms with Gasteiger partial charge in [-0.2, -0.15) is 5.26 Å². The largest absolute Gasteiger partial charge is 0.397 e. The first-order valence-corrected chi connectivity index (χ1v) is 5.47. The predicted molar refractivity (Wildman–Crippen MR) is 64.0 cm³/mol. The van der Waals surface area contributed by atoms with Crippen LogP contribution in [0.5, 0.6) is 0 Å². The third kappa shape index (κ3) is 2.77. The van der Waals surface area contributed by atoms with E-state index in [1.165, 1.54) is 0 Å². The Balaban J connectivity index is 3.03. The van der Waals surface area contributed by atoms with Crippen LogP contribution < -0.4 is 5.73 Å². The van der Waals surface area contributed by atoms with Crippen LogP contribution in [-0.4, -0.2) is 18.3 Å². The van der Waals surface area contributed by atoms with Gasteiger partial charge in [-0.15, -0.1) is 0 Å². The van der Waals surface area contributed by atoms with E-state index in [4.69, 9.17) is 15.7 Å². The van der Waals surface area contributed by atoms with Crippen molar-refractivity contribution in [2.24, 2.45) is 5.92 Å². The van der Waals surface area contributed by atoms with Crippen LogP contribution in [0.4, 0.5) is 5.69 Å². The van der Waals surface area contributed by atoms with Gasteiger partial charge in [-0.05, 0) is 18.4 Å². The maximum Gasteiger partial charge on any atom is 0.122 e. The molecule has 0 radical (unpaired) electrons. The third-order valence-corrected chi connectivity index (χ3v) is 2.48. The van der Waals surface area contributed by atoms with Gasteiger partial charge in [-0.1, -0.05) is 13.8 Å². The van der Waals surface area contributed by atoms with Crippen LogP contribution in [0.15, 0.2) is 6.07 Å². The minimum atomic E-state index is 0.519. The fourth-order valence-corrected chi connectivity index (χ4v) is 1.76. The summed E-state index contributed by atoms with van der Waals surface area (Å²) in [5.41, 5.74) is 8.30. The van der Waals surface area contributed by atoms with Gasteiger partial charge in [0.05, 0.1) is 12.3 Å². The summed E-state index contributed by atoms with van der Waals surface area (Å²) in [6.45, 7) is 5.55. The molecule has 0 amide bonds. The highest BCUT2D eigenvalue weighted by molar-refractivity contribution is 5.50. The van der Waals surface area contributed by atoms with Gasteiger partial charge < -0.3 is 15.0 Å². The zero-order chi connectivity index (χ0) is 12.1. The molecule has 1 aromatic heterocycles. The van der Waals surface area contributed by atoms with Gasteiger partial charge in [0, 0.05) is 19.3 Å². The molecule has 0 aliphatic rings. The Hall–Kier alpha value is -1.47. The van der Waals surface area contributed by atoms with Gasteiger partial charge in [0.25, 0.3) is 0 Å². The van der Waals surface area contributed by atoms with Crippen molar-refractivity contribution >= 4 is 5.69 Å². The lowest BCUT2D eigenvalue weighted by molar-refractivity contribution is 0.186. The lowest BCUT2D eigenvalue weighted by Gasteiger charge is -2.12. The molecule has 88 valence electrons. The number of hydrogen-bond acceptors (Lipinski definition) is 3. The Bertz CT molecular complexity index is 388. The summed E-state index contributed by atoms with van der Waals surface area (Å²) in [6.07, 6.45) is 0.886. The van der Waals surface area contributed by atoms with E-state index in [1.54, 1.807) is 13.2 Å². The number of ether oxygens (including phenoxy) is 1. The van der Waals surface area contributed by atoms with Crippen LogP contribution in [0, 0.1) is 17.2 Å². The van der Waals surface area contributed by atoms with E-state index in [0.29, 0.717) is 30.5 Å². The first-order valence-electron chi connectivity index (χ1n) is 5.47. The van der Waals surface area contributed by atoms with Crippen molar-refractivity contribution < 1.29 is 4.74 Å². The molecule has 0 fully saturated rings. The molecule has 1 aromatic rings. The van der Waals surface area contributed by atoms with Crippen molar-refractivity contribution in [2.75, 3.05) is 19.5 Å². The van der Waals surface area contributed by atoms with Crippen molar-refractivity contribution in [2.45, 2.75) is 26.8 Å². The third-order valence-electron chi connectivity index (χ3n) is 2.48. The van der Waals surface area contributed by atoms with Crippen LogP contribution in [0.1, 0.15) is 25.2 Å². The summed E-state index contributed by atoms with van der Waals surface area (Å²) < 4.78 is 7.00. The second kappa shape index (κ2) is 5.57. The van der Waals surface area contributed by atoms with Crippen molar-refractivity contribution in [3.05, 3.63) is 17.5 Å². The number of nitrogens with two attached hydrogens (primary N) is 1. The summed E-state index contributed by atoms with van der Waals surface area (Å²) in [4.78, 5) is 0. The first kappa shape index (κ1) is 12.6. The molecular formula is C12H19N3O. The average molecular weight is 221 g/mol. The summed E-state index contributed by atoms with van der Waals surface area (Å²) in [6, 6.07) is 3.91. The Morgan fingerprint density at radius 1 is 1.56 bits per heavy atom. The van der Waals surface area contributed by atoms with E-state index in [1.807, 2.05) is 4.57 Å². The molecule has 1 rings (SSSR count). The molecule has 0 aliphatic heterocycles. The van der Waals surface area contributed by atoms with Crippen LogP contribution in [-0.2, 0) is 17.7 Å². The summed E-state index contributed by atoms with van der Waals surface area (Å²) in [5.74, 6) is 0.519. The maximum absolute atomic E-state index is 9.02. The predicted octanol–water partition coefficient (Wildman–Crippen LogP) is 1.79. The molecule has 0 unspecified atom stereocenters. The lowest BCUT2D eigenvalue weighted by Crippen LogP contribution is -2.12. The molecular weight excluding hydrogens is 202 g/mol. The minimum absolute atomic E-state index is 0.519. The Morgan fingerprint density at radius 2 is 2.25 bits per heavy atom. The van der Waals surface area contributed by atoms with Gasteiger partial charge in [0.1, 0.15) is 11.8 Å². The van der Waals surface area contributed by atoms with E-state index >= 15 is 0 Å². The Kier molecular flexibility index (Phi) is 4.39. The summed E-state index contributed by atoms with van der Waals surface area (Å²) in [7, 11) is 1.65. The fraction of sp³-hybridized carbons (Fsp3) is 0.583. The summed E-state index contributed by atoms with van der Waals surface area (Å²) in [5, 5.41) is 9.02. The van der Waals surface area contributed by atoms with E-state index in [0.717, 1.165) is 12.1 Å². The van der Waals surface area contributed by atoms with Crippen molar-refractivity contribution in [3.8, 4) is 6.07 Å². The Morgan fingerprint density at radius 3 is 2.75 bits per heavy atom. The highest BCUT2D eigenvalue weighted by atomic mass is 16.5. The Labute approximate surface area is 96.6 Å². The number of nitrogen functional groups attached to an aromatic ring is 1. The number of rotatable bonds is 5. The number of hydrogen-bond donors (Lipinski definition) is 1. The monoisotopic (exact) mass is 221 g/mol. The number of nitrogens with zero attached hydrogens (tertiary/aromatic N) is 2. The molecule has 0 atom stereocenters. The smallest absolute Gasteiger partial charge is 0.122 e. The normalized spacial score (nSPS) is 10.7. The van der Waals surface area contributed by atoms with Gasteiger partial charge in [-0.25, -0.2) is 0 Å². The number of aromatic nitrogens is 1. The van der Waals surface area contributed by atoms with Crippen molar-refractivity contribution in [1.29, 1.82) is 5.26 Å². The standard InChI is InChI=1S/C12H19N3O/c1-9(2)6-12-11(14)7-10(8-13)15(12)4-5-16-3/h7,9H,4-6,14H2,1-3H3. The van der Waals surface area contributed by atoms with Crippen LogP contribution in [0.3, 0.4) is 0 Å². The topological polar surface area (TPSA) is 64.0 Å². The highest BCUT2D eigenvalue weighted by Crippen LogP contribution is 2.21. The van der Waals surface area contributed by atoms with Crippen molar-refractivity contribution in [3.63, 3.8) is 0 Å². The molecule has 16 heavy (non-hydrogen) atoms. The second-order valence-electron chi connectivity index (χ2n) is 4.29. The molecule has 0 bridgehead atoms. The number of methoxy groups -OCH3 is 1. The van der Waals surface area contributed by atoms with E-state index < -0.39 is 0 Å². The molecule has 4 heteroatoms. The van der Waals surface area contributed by atoms with E-state index in [2.05, 4.69) is 19.9 Å². The molecule has 0 aliphatic carbocycles. The number of anilines is 1. The maximum atomic E-state index is 9.02. The molecule has 1 heterocycles. The molecule has 2 N–H and O–H groups in total. The molecule has 0 aromatic carbocycles. The second-order valence-corrected chi connectivity index (χ2v) is 4.29. The molecule has 0 saturated heterocycles. The van der Waals surface area contributed by atoms with E-state index in [9.17, 15) is 0 Å². The summed E-state index contributed by atoms with van der Waals surface area (Å²) >= 11 is 0. The fourth-order valence-electron chi connectivity index (χ4n) is 1.76. The molecule has 4 nitrogen and oxygen atoms in total. The zero-order valence-corrected chi connectivity index (χ0v) is 10.2. The quantitative estimate of drug-likeness (QED) is 0.824. The minimum Gasteiger partial charge on any atom is -0.397 e. The van der Waals surface area contributed by atoms with Gasteiger partial charge in [0.15, 0.2) is 0 Å². The van der Waals surface area contributed by atoms with Crippen LogP contribution in [0.25, 0.3) is 0 Å². The van der Waals surface area contributed by atoms with E-state index in [-0.39, 0.29) is 0 Å². The van der Waals surface area contributed by atoms with Crippen LogP contribution >= 0.6 is 0 Å². The number of nitriles is 1. The van der Waals surface area contributed by atoms with Gasteiger partial charge >= 0.3 is 0 Å². The molecule has 0 spiro atoms. The van der Waals surface area contributed by atoms with Gasteiger partial charge in [0.2, 0.25) is 0 Å². The highest BCUT2D eigenvalue weighted by Gasteiger charge is 2.13. The SMILES string of the molecule is COCCn1c(C#N)cc(N)c1CC(C)C.